The molecule has 0 N–H and O–H groups in total. The van der Waals surface area contributed by atoms with Gasteiger partial charge in [0, 0.05) is 19.3 Å². The van der Waals surface area contributed by atoms with E-state index in [1.165, 1.54) is 5.57 Å². The van der Waals surface area contributed by atoms with Crippen molar-refractivity contribution in [3.05, 3.63) is 47.8 Å². The Kier molecular flexibility index (Phi) is 7.34. The molecule has 130 valence electrons. The molecule has 0 aliphatic rings. The lowest BCUT2D eigenvalue weighted by atomic mass is 10.3. The summed E-state index contributed by atoms with van der Waals surface area (Å²) < 4.78 is 7.77. The number of nitrogens with zero attached hydrogens (tertiary/aromatic N) is 4. The molecule has 0 saturated heterocycles. The largest absolute Gasteiger partial charge is 0.493 e. The van der Waals surface area contributed by atoms with Crippen LogP contribution in [0, 0.1) is 0 Å². The standard InChI is InChI=1S/C18H26N4OS/c1-5-15(2)13-21(3)14-17-19-20-18(22(17)4)24-12-11-23-16-9-7-6-8-10-16/h5-10H,11-14H2,1-4H3. The van der Waals surface area contributed by atoms with Crippen LogP contribution in [0.25, 0.3) is 0 Å². The fourth-order valence-corrected chi connectivity index (χ4v) is 2.98. The molecule has 5 nitrogen and oxygen atoms in total. The average molecular weight is 346 g/mol. The van der Waals surface area contributed by atoms with Crippen molar-refractivity contribution in [1.29, 1.82) is 0 Å². The van der Waals surface area contributed by atoms with E-state index in [-0.39, 0.29) is 0 Å². The van der Waals surface area contributed by atoms with Crippen LogP contribution in [0.4, 0.5) is 0 Å². The van der Waals surface area contributed by atoms with Gasteiger partial charge >= 0.3 is 0 Å². The van der Waals surface area contributed by atoms with Gasteiger partial charge in [0.1, 0.15) is 11.6 Å². The lowest BCUT2D eigenvalue weighted by Crippen LogP contribution is -2.22. The molecule has 0 radical (unpaired) electrons. The fraction of sp³-hybridized carbons (Fsp3) is 0.444. The first-order valence-corrected chi connectivity index (χ1v) is 9.08. The summed E-state index contributed by atoms with van der Waals surface area (Å²) in [6.45, 7) is 6.59. The predicted molar refractivity (Wildman–Crippen MR) is 99.4 cm³/mol. The van der Waals surface area contributed by atoms with Crippen LogP contribution >= 0.6 is 11.8 Å². The number of rotatable bonds is 9. The minimum absolute atomic E-state index is 0.650. The highest BCUT2D eigenvalue weighted by Gasteiger charge is 2.11. The third-order valence-corrected chi connectivity index (χ3v) is 4.66. The van der Waals surface area contributed by atoms with E-state index in [4.69, 9.17) is 4.74 Å². The Morgan fingerprint density at radius 1 is 1.29 bits per heavy atom. The van der Waals surface area contributed by atoms with Crippen LogP contribution in [0.2, 0.25) is 0 Å². The minimum Gasteiger partial charge on any atom is -0.493 e. The number of likely N-dealkylation sites (N-methyl/N-ethyl adjacent to an activating group) is 1. The van der Waals surface area contributed by atoms with Crippen LogP contribution in [0.5, 0.6) is 5.75 Å². The van der Waals surface area contributed by atoms with Gasteiger partial charge in [-0.2, -0.15) is 0 Å². The van der Waals surface area contributed by atoms with Crippen molar-refractivity contribution in [2.75, 3.05) is 26.0 Å². The first-order chi connectivity index (χ1) is 11.6. The molecule has 0 aliphatic heterocycles. The molecule has 1 aromatic carbocycles. The Balaban J connectivity index is 1.79. The van der Waals surface area contributed by atoms with Gasteiger partial charge in [0.15, 0.2) is 5.16 Å². The molecular weight excluding hydrogens is 320 g/mol. The molecule has 0 atom stereocenters. The maximum Gasteiger partial charge on any atom is 0.191 e. The van der Waals surface area contributed by atoms with E-state index in [0.29, 0.717) is 6.61 Å². The summed E-state index contributed by atoms with van der Waals surface area (Å²) in [7, 11) is 4.12. The zero-order chi connectivity index (χ0) is 17.4. The SMILES string of the molecule is CC=C(C)CN(C)Cc1nnc(SCCOc2ccccc2)n1C. The Bertz CT molecular complexity index is 654. The minimum atomic E-state index is 0.650. The molecule has 0 saturated carbocycles. The van der Waals surface area contributed by atoms with E-state index in [1.807, 2.05) is 37.4 Å². The van der Waals surface area contributed by atoms with Crippen LogP contribution in [0.3, 0.4) is 0 Å². The normalized spacial score (nSPS) is 12.0. The Morgan fingerprint density at radius 2 is 2.04 bits per heavy atom. The second kappa shape index (κ2) is 9.49. The molecule has 2 aromatic rings. The molecule has 0 spiro atoms. The smallest absolute Gasteiger partial charge is 0.191 e. The van der Waals surface area contributed by atoms with Gasteiger partial charge in [-0.15, -0.1) is 10.2 Å². The quantitative estimate of drug-likeness (QED) is 0.396. The van der Waals surface area contributed by atoms with Crippen molar-refractivity contribution in [3.8, 4) is 5.75 Å². The van der Waals surface area contributed by atoms with Crippen molar-refractivity contribution in [3.63, 3.8) is 0 Å². The monoisotopic (exact) mass is 346 g/mol. The van der Waals surface area contributed by atoms with Gasteiger partial charge in [0.25, 0.3) is 0 Å². The number of para-hydroxylation sites is 1. The summed E-state index contributed by atoms with van der Waals surface area (Å²) in [5.41, 5.74) is 1.35. The van der Waals surface area contributed by atoms with E-state index in [9.17, 15) is 0 Å². The molecule has 24 heavy (non-hydrogen) atoms. The summed E-state index contributed by atoms with van der Waals surface area (Å²) in [6, 6.07) is 9.87. The molecule has 1 aromatic heterocycles. The Hall–Kier alpha value is -1.79. The lowest BCUT2D eigenvalue weighted by molar-refractivity contribution is 0.339. The van der Waals surface area contributed by atoms with E-state index < -0.39 is 0 Å². The van der Waals surface area contributed by atoms with Crippen molar-refractivity contribution in [2.24, 2.45) is 7.05 Å². The predicted octanol–water partition coefficient (Wildman–Crippen LogP) is 3.38. The van der Waals surface area contributed by atoms with Gasteiger partial charge in [-0.1, -0.05) is 41.6 Å². The highest BCUT2D eigenvalue weighted by molar-refractivity contribution is 7.99. The van der Waals surface area contributed by atoms with Gasteiger partial charge in [0.05, 0.1) is 13.2 Å². The molecule has 0 aliphatic carbocycles. The molecule has 6 heteroatoms. The van der Waals surface area contributed by atoms with Gasteiger partial charge < -0.3 is 9.30 Å². The summed E-state index contributed by atoms with van der Waals surface area (Å²) in [5.74, 6) is 2.72. The Labute approximate surface area is 148 Å². The molecule has 2 rings (SSSR count). The van der Waals surface area contributed by atoms with E-state index in [1.54, 1.807) is 11.8 Å². The highest BCUT2D eigenvalue weighted by atomic mass is 32.2. The summed E-state index contributed by atoms with van der Waals surface area (Å²) in [6.07, 6.45) is 2.14. The Morgan fingerprint density at radius 3 is 2.75 bits per heavy atom. The van der Waals surface area contributed by atoms with Crippen LogP contribution < -0.4 is 4.74 Å². The average Bonchev–Trinajstić information content (AvgIpc) is 2.92. The van der Waals surface area contributed by atoms with Crippen molar-refractivity contribution < 1.29 is 4.74 Å². The zero-order valence-corrected chi connectivity index (χ0v) is 15.7. The van der Waals surface area contributed by atoms with E-state index in [2.05, 4.69) is 46.6 Å². The molecular formula is C18H26N4OS. The maximum absolute atomic E-state index is 5.70. The zero-order valence-electron chi connectivity index (χ0n) is 14.9. The van der Waals surface area contributed by atoms with Crippen LogP contribution in [0.1, 0.15) is 19.7 Å². The number of benzene rings is 1. The van der Waals surface area contributed by atoms with Gasteiger partial charge in [-0.25, -0.2) is 0 Å². The molecule has 1 heterocycles. The van der Waals surface area contributed by atoms with Crippen molar-refractivity contribution >= 4 is 11.8 Å². The van der Waals surface area contributed by atoms with Gasteiger partial charge in [-0.3, -0.25) is 4.90 Å². The second-order valence-corrected chi connectivity index (χ2v) is 6.84. The number of hydrogen-bond acceptors (Lipinski definition) is 5. The second-order valence-electron chi connectivity index (χ2n) is 5.78. The van der Waals surface area contributed by atoms with Gasteiger partial charge in [0.2, 0.25) is 0 Å². The van der Waals surface area contributed by atoms with Gasteiger partial charge in [-0.05, 0) is 33.0 Å². The van der Waals surface area contributed by atoms with Crippen molar-refractivity contribution in [1.82, 2.24) is 19.7 Å². The number of allylic oxidation sites excluding steroid dienone is 1. The van der Waals surface area contributed by atoms with Crippen LogP contribution in [-0.2, 0) is 13.6 Å². The molecule has 0 unspecified atom stereocenters. The highest BCUT2D eigenvalue weighted by Crippen LogP contribution is 2.17. The third kappa shape index (κ3) is 5.69. The third-order valence-electron chi connectivity index (χ3n) is 3.67. The topological polar surface area (TPSA) is 43.2 Å². The molecule has 0 amide bonds. The number of aromatic nitrogens is 3. The number of hydrogen-bond donors (Lipinski definition) is 0. The fourth-order valence-electron chi connectivity index (χ4n) is 2.23. The lowest BCUT2D eigenvalue weighted by Gasteiger charge is -2.16. The van der Waals surface area contributed by atoms with Crippen LogP contribution in [-0.4, -0.2) is 45.6 Å². The number of ether oxygens (including phenoxy) is 1. The maximum atomic E-state index is 5.70. The summed E-state index contributed by atoms with van der Waals surface area (Å²) in [4.78, 5) is 2.24. The molecule has 0 fully saturated rings. The first kappa shape index (κ1) is 18.5. The summed E-state index contributed by atoms with van der Waals surface area (Å²) in [5, 5.41) is 9.54. The van der Waals surface area contributed by atoms with Crippen LogP contribution in [0.15, 0.2) is 47.1 Å². The summed E-state index contributed by atoms with van der Waals surface area (Å²) >= 11 is 1.67. The number of thioether (sulfide) groups is 1. The van der Waals surface area contributed by atoms with E-state index >= 15 is 0 Å². The van der Waals surface area contributed by atoms with E-state index in [0.717, 1.165) is 35.6 Å². The molecule has 0 bridgehead atoms. The van der Waals surface area contributed by atoms with Crippen molar-refractivity contribution in [2.45, 2.75) is 25.5 Å². The first-order valence-electron chi connectivity index (χ1n) is 8.09.